The molecule has 1 fully saturated rings. The average molecular weight is 496 g/mol. The van der Waals surface area contributed by atoms with Crippen molar-refractivity contribution in [3.8, 4) is 5.75 Å². The van der Waals surface area contributed by atoms with Gasteiger partial charge in [-0.3, -0.25) is 4.99 Å². The van der Waals surface area contributed by atoms with E-state index in [-0.39, 0.29) is 24.0 Å². The predicted octanol–water partition coefficient (Wildman–Crippen LogP) is 4.05. The van der Waals surface area contributed by atoms with Crippen LogP contribution in [0.5, 0.6) is 5.75 Å². The van der Waals surface area contributed by atoms with E-state index < -0.39 is 0 Å². The van der Waals surface area contributed by atoms with Crippen LogP contribution in [-0.4, -0.2) is 57.9 Å². The molecule has 0 atom stereocenters. The maximum Gasteiger partial charge on any atom is 0.193 e. The average Bonchev–Trinajstić information content (AvgIpc) is 3.36. The van der Waals surface area contributed by atoms with Gasteiger partial charge in [-0.25, -0.2) is 0 Å². The van der Waals surface area contributed by atoms with Crippen molar-refractivity contribution in [2.24, 2.45) is 10.4 Å². The molecule has 0 aliphatic heterocycles. The number of hydrogen-bond donors (Lipinski definition) is 1. The normalized spacial score (nSPS) is 15.2. The minimum absolute atomic E-state index is 0. The van der Waals surface area contributed by atoms with Gasteiger partial charge in [-0.2, -0.15) is 0 Å². The van der Waals surface area contributed by atoms with Gasteiger partial charge >= 0.3 is 0 Å². The molecule has 148 valence electrons. The second-order valence-corrected chi connectivity index (χ2v) is 7.01. The van der Waals surface area contributed by atoms with Crippen molar-refractivity contribution in [2.75, 3.05) is 47.0 Å². The van der Waals surface area contributed by atoms with E-state index >= 15 is 0 Å². The van der Waals surface area contributed by atoms with Crippen LogP contribution in [0.4, 0.5) is 0 Å². The van der Waals surface area contributed by atoms with Gasteiger partial charge in [0, 0.05) is 38.9 Å². The van der Waals surface area contributed by atoms with Crippen molar-refractivity contribution < 1.29 is 9.47 Å². The SMILES string of the molecule is CCOCCC1(CNC(=NC)N(C)CCOc2cccc(Cl)c2)CC1.I. The van der Waals surface area contributed by atoms with Gasteiger partial charge in [-0.05, 0) is 49.8 Å². The highest BCUT2D eigenvalue weighted by atomic mass is 127. The fourth-order valence-corrected chi connectivity index (χ4v) is 2.92. The van der Waals surface area contributed by atoms with Crippen LogP contribution in [0.1, 0.15) is 26.2 Å². The largest absolute Gasteiger partial charge is 0.492 e. The van der Waals surface area contributed by atoms with Gasteiger partial charge < -0.3 is 19.7 Å². The molecule has 2 rings (SSSR count). The molecule has 26 heavy (non-hydrogen) atoms. The lowest BCUT2D eigenvalue weighted by molar-refractivity contribution is 0.128. The molecule has 0 bridgehead atoms. The molecule has 0 spiro atoms. The zero-order chi connectivity index (χ0) is 18.1. The number of benzene rings is 1. The van der Waals surface area contributed by atoms with E-state index in [1.807, 2.05) is 45.3 Å². The third-order valence-corrected chi connectivity index (χ3v) is 4.86. The summed E-state index contributed by atoms with van der Waals surface area (Å²) in [6.45, 7) is 5.96. The molecule has 1 aliphatic carbocycles. The van der Waals surface area contributed by atoms with Crippen LogP contribution in [0, 0.1) is 5.41 Å². The van der Waals surface area contributed by atoms with E-state index in [9.17, 15) is 0 Å². The summed E-state index contributed by atoms with van der Waals surface area (Å²) in [4.78, 5) is 6.47. The molecule has 1 N–H and O–H groups in total. The van der Waals surface area contributed by atoms with Crippen LogP contribution in [0.3, 0.4) is 0 Å². The Hall–Kier alpha value is -0.730. The number of halogens is 2. The summed E-state index contributed by atoms with van der Waals surface area (Å²) in [5, 5.41) is 4.19. The van der Waals surface area contributed by atoms with Crippen LogP contribution in [0.2, 0.25) is 5.02 Å². The second kappa shape index (κ2) is 11.9. The predicted molar refractivity (Wildman–Crippen MR) is 119 cm³/mol. The summed E-state index contributed by atoms with van der Waals surface area (Å²) in [7, 11) is 3.84. The molecule has 0 aromatic heterocycles. The highest BCUT2D eigenvalue weighted by molar-refractivity contribution is 14.0. The fourth-order valence-electron chi connectivity index (χ4n) is 2.74. The summed E-state index contributed by atoms with van der Waals surface area (Å²) in [6, 6.07) is 7.46. The molecule has 0 unspecified atom stereocenters. The highest BCUT2D eigenvalue weighted by Crippen LogP contribution is 2.48. The summed E-state index contributed by atoms with van der Waals surface area (Å²) < 4.78 is 11.2. The maximum absolute atomic E-state index is 5.97. The molecule has 0 radical (unpaired) electrons. The number of nitrogens with zero attached hydrogens (tertiary/aromatic N) is 2. The van der Waals surface area contributed by atoms with Crippen molar-refractivity contribution in [2.45, 2.75) is 26.2 Å². The van der Waals surface area contributed by atoms with E-state index in [0.717, 1.165) is 44.4 Å². The third kappa shape index (κ3) is 7.88. The molecule has 0 saturated heterocycles. The van der Waals surface area contributed by atoms with Crippen molar-refractivity contribution in [1.29, 1.82) is 0 Å². The van der Waals surface area contributed by atoms with Crippen LogP contribution in [0.15, 0.2) is 29.3 Å². The maximum atomic E-state index is 5.97. The molecule has 1 aromatic rings. The number of likely N-dealkylation sites (N-methyl/N-ethyl adjacent to an activating group) is 1. The molecular formula is C19H31ClIN3O2. The molecule has 0 heterocycles. The Bertz CT molecular complexity index is 567. The minimum atomic E-state index is 0. The Morgan fingerprint density at radius 3 is 2.73 bits per heavy atom. The monoisotopic (exact) mass is 495 g/mol. The van der Waals surface area contributed by atoms with E-state index in [1.54, 1.807) is 0 Å². The number of hydrogen-bond acceptors (Lipinski definition) is 3. The quantitative estimate of drug-likeness (QED) is 0.230. The van der Waals surface area contributed by atoms with Gasteiger partial charge in [0.1, 0.15) is 12.4 Å². The van der Waals surface area contributed by atoms with Gasteiger partial charge in [0.15, 0.2) is 5.96 Å². The number of nitrogens with one attached hydrogen (secondary N) is 1. The first-order valence-corrected chi connectivity index (χ1v) is 9.34. The number of rotatable bonds is 10. The smallest absolute Gasteiger partial charge is 0.193 e. The number of guanidine groups is 1. The first-order valence-electron chi connectivity index (χ1n) is 8.96. The molecule has 7 heteroatoms. The Morgan fingerprint density at radius 1 is 1.35 bits per heavy atom. The van der Waals surface area contributed by atoms with E-state index in [4.69, 9.17) is 21.1 Å². The summed E-state index contributed by atoms with van der Waals surface area (Å²) >= 11 is 5.97. The van der Waals surface area contributed by atoms with Crippen molar-refractivity contribution in [1.82, 2.24) is 10.2 Å². The lowest BCUT2D eigenvalue weighted by atomic mass is 10.0. The Balaban J connectivity index is 0.00000338. The van der Waals surface area contributed by atoms with Gasteiger partial charge in [-0.1, -0.05) is 17.7 Å². The van der Waals surface area contributed by atoms with Crippen LogP contribution < -0.4 is 10.1 Å². The number of aliphatic imine (C=N–C) groups is 1. The zero-order valence-electron chi connectivity index (χ0n) is 16.0. The summed E-state index contributed by atoms with van der Waals surface area (Å²) in [6.07, 6.45) is 3.66. The second-order valence-electron chi connectivity index (χ2n) is 6.58. The van der Waals surface area contributed by atoms with Gasteiger partial charge in [0.25, 0.3) is 0 Å². The Morgan fingerprint density at radius 2 is 2.12 bits per heavy atom. The third-order valence-electron chi connectivity index (χ3n) is 4.62. The van der Waals surface area contributed by atoms with E-state index in [0.29, 0.717) is 17.0 Å². The first-order chi connectivity index (χ1) is 12.1. The first kappa shape index (κ1) is 23.3. The van der Waals surface area contributed by atoms with E-state index in [1.165, 1.54) is 12.8 Å². The molecule has 5 nitrogen and oxygen atoms in total. The highest BCUT2D eigenvalue weighted by Gasteiger charge is 2.42. The topological polar surface area (TPSA) is 46.1 Å². The standard InChI is InChI=1S/C19H30ClN3O2.HI/c1-4-24-12-10-19(8-9-19)15-22-18(21-2)23(3)11-13-25-17-7-5-6-16(20)14-17;/h5-7,14H,4,8-13,15H2,1-3H3,(H,21,22);1H. The lowest BCUT2D eigenvalue weighted by Gasteiger charge is -2.24. The zero-order valence-corrected chi connectivity index (χ0v) is 19.0. The molecule has 1 saturated carbocycles. The summed E-state index contributed by atoms with van der Waals surface area (Å²) in [5.74, 6) is 1.69. The molecular weight excluding hydrogens is 465 g/mol. The minimum Gasteiger partial charge on any atom is -0.492 e. The van der Waals surface area contributed by atoms with Gasteiger partial charge in [-0.15, -0.1) is 24.0 Å². The Kier molecular flexibility index (Phi) is 10.6. The van der Waals surface area contributed by atoms with E-state index in [2.05, 4.69) is 15.2 Å². The Labute approximate surface area is 179 Å². The van der Waals surface area contributed by atoms with Crippen LogP contribution >= 0.6 is 35.6 Å². The molecule has 1 aliphatic rings. The van der Waals surface area contributed by atoms with Crippen molar-refractivity contribution in [3.63, 3.8) is 0 Å². The molecule has 0 amide bonds. The van der Waals surface area contributed by atoms with Gasteiger partial charge in [0.05, 0.1) is 6.54 Å². The van der Waals surface area contributed by atoms with Crippen LogP contribution in [0.25, 0.3) is 0 Å². The van der Waals surface area contributed by atoms with Crippen molar-refractivity contribution >= 4 is 41.5 Å². The lowest BCUT2D eigenvalue weighted by Crippen LogP contribution is -2.43. The van der Waals surface area contributed by atoms with Crippen LogP contribution in [-0.2, 0) is 4.74 Å². The summed E-state index contributed by atoms with van der Waals surface area (Å²) in [5.41, 5.74) is 0.392. The van der Waals surface area contributed by atoms with Crippen molar-refractivity contribution in [3.05, 3.63) is 29.3 Å². The van der Waals surface area contributed by atoms with Gasteiger partial charge in [0.2, 0.25) is 0 Å². The molecule has 1 aromatic carbocycles. The fraction of sp³-hybridized carbons (Fsp3) is 0.632. The number of ether oxygens (including phenoxy) is 2.